The lowest BCUT2D eigenvalue weighted by atomic mass is 10.2. The Morgan fingerprint density at radius 3 is 2.75 bits per heavy atom. The Kier molecular flexibility index (Phi) is 4.93. The lowest BCUT2D eigenvalue weighted by molar-refractivity contribution is -0.127. The molecule has 7 nitrogen and oxygen atoms in total. The predicted octanol–water partition coefficient (Wildman–Crippen LogP) is 2.21. The van der Waals surface area contributed by atoms with Crippen LogP contribution in [0.4, 0.5) is 5.69 Å². The molecule has 3 aromatic rings. The second-order valence-corrected chi connectivity index (χ2v) is 5.17. The second-order valence-electron chi connectivity index (χ2n) is 5.17. The quantitative estimate of drug-likeness (QED) is 0.752. The molecule has 1 N–H and O–H groups in total. The first-order chi connectivity index (χ1) is 11.7. The normalized spacial score (nSPS) is 11.9. The van der Waals surface area contributed by atoms with Crippen molar-refractivity contribution in [3.05, 3.63) is 66.9 Å². The van der Waals surface area contributed by atoms with Gasteiger partial charge in [-0.2, -0.15) is 5.10 Å². The molecule has 7 heteroatoms. The van der Waals surface area contributed by atoms with Gasteiger partial charge in [0.15, 0.2) is 5.82 Å². The number of nitrogens with one attached hydrogen (secondary N) is 1. The monoisotopic (exact) mass is 323 g/mol. The lowest BCUT2D eigenvalue weighted by Crippen LogP contribution is -2.27. The zero-order chi connectivity index (χ0) is 16.8. The Labute approximate surface area is 139 Å². The zero-order valence-electron chi connectivity index (χ0n) is 13.2. The molecule has 1 amide bonds. The number of rotatable bonds is 6. The highest BCUT2D eigenvalue weighted by molar-refractivity contribution is 5.93. The highest BCUT2D eigenvalue weighted by Gasteiger charge is 2.14. The maximum absolute atomic E-state index is 12.2. The van der Waals surface area contributed by atoms with Gasteiger partial charge < -0.3 is 10.1 Å². The van der Waals surface area contributed by atoms with Crippen LogP contribution in [0.1, 0.15) is 12.5 Å². The summed E-state index contributed by atoms with van der Waals surface area (Å²) < 4.78 is 7.13. The first-order valence-corrected chi connectivity index (χ1v) is 7.50. The fourth-order valence-corrected chi connectivity index (χ4v) is 2.04. The van der Waals surface area contributed by atoms with Crippen LogP contribution in [0.15, 0.2) is 61.3 Å². The summed E-state index contributed by atoms with van der Waals surface area (Å²) in [6, 6.07) is 13.2. The minimum atomic E-state index is -0.569. The van der Waals surface area contributed by atoms with Gasteiger partial charge >= 0.3 is 0 Å². The van der Waals surface area contributed by atoms with Gasteiger partial charge in [0.05, 0.1) is 18.5 Å². The molecule has 0 aliphatic carbocycles. The summed E-state index contributed by atoms with van der Waals surface area (Å²) >= 11 is 0. The van der Waals surface area contributed by atoms with Crippen molar-refractivity contribution in [1.82, 2.24) is 19.7 Å². The van der Waals surface area contributed by atoms with E-state index in [2.05, 4.69) is 20.4 Å². The number of amides is 1. The van der Waals surface area contributed by atoms with E-state index in [1.54, 1.807) is 31.6 Å². The van der Waals surface area contributed by atoms with Crippen LogP contribution in [0.3, 0.4) is 0 Å². The molecule has 0 radical (unpaired) electrons. The van der Waals surface area contributed by atoms with Gasteiger partial charge in [-0.1, -0.05) is 30.3 Å². The fraction of sp³-hybridized carbons (Fsp3) is 0.176. The third kappa shape index (κ3) is 4.02. The molecule has 0 bridgehead atoms. The molecule has 0 spiro atoms. The summed E-state index contributed by atoms with van der Waals surface area (Å²) in [4.78, 5) is 20.3. The minimum Gasteiger partial charge on any atom is -0.364 e. The number of benzene rings is 1. The number of hydrogen-bond donors (Lipinski definition) is 1. The van der Waals surface area contributed by atoms with Crippen molar-refractivity contribution in [2.45, 2.75) is 19.6 Å². The van der Waals surface area contributed by atoms with E-state index < -0.39 is 6.10 Å². The van der Waals surface area contributed by atoms with Crippen LogP contribution in [-0.2, 0) is 16.1 Å². The van der Waals surface area contributed by atoms with Gasteiger partial charge in [0.2, 0.25) is 0 Å². The number of carbonyl (C=O) groups excluding carboxylic acids is 1. The van der Waals surface area contributed by atoms with E-state index in [0.29, 0.717) is 18.1 Å². The van der Waals surface area contributed by atoms with Gasteiger partial charge in [0.25, 0.3) is 5.91 Å². The zero-order valence-corrected chi connectivity index (χ0v) is 13.2. The molecule has 2 heterocycles. The first-order valence-electron chi connectivity index (χ1n) is 7.50. The van der Waals surface area contributed by atoms with E-state index in [1.165, 1.54) is 11.0 Å². The van der Waals surface area contributed by atoms with E-state index >= 15 is 0 Å². The van der Waals surface area contributed by atoms with Crippen LogP contribution < -0.4 is 5.32 Å². The Morgan fingerprint density at radius 2 is 2.08 bits per heavy atom. The van der Waals surface area contributed by atoms with Gasteiger partial charge in [-0.05, 0) is 24.6 Å². The van der Waals surface area contributed by atoms with E-state index in [9.17, 15) is 4.79 Å². The molecule has 122 valence electrons. The Hall–Kier alpha value is -3.06. The van der Waals surface area contributed by atoms with Crippen LogP contribution in [0.5, 0.6) is 0 Å². The Morgan fingerprint density at radius 1 is 1.25 bits per heavy atom. The molecular formula is C17H17N5O2. The molecule has 0 saturated heterocycles. The summed E-state index contributed by atoms with van der Waals surface area (Å²) in [7, 11) is 0. The van der Waals surface area contributed by atoms with Crippen LogP contribution >= 0.6 is 0 Å². The maximum atomic E-state index is 12.2. The Balaban J connectivity index is 1.54. The van der Waals surface area contributed by atoms with Crippen molar-refractivity contribution in [3.8, 4) is 5.82 Å². The van der Waals surface area contributed by atoms with Crippen molar-refractivity contribution in [2.24, 2.45) is 0 Å². The predicted molar refractivity (Wildman–Crippen MR) is 88.5 cm³/mol. The fourth-order valence-electron chi connectivity index (χ4n) is 2.04. The van der Waals surface area contributed by atoms with Crippen LogP contribution in [0.25, 0.3) is 5.82 Å². The van der Waals surface area contributed by atoms with Crippen LogP contribution in [-0.4, -0.2) is 31.8 Å². The van der Waals surface area contributed by atoms with Crippen molar-refractivity contribution >= 4 is 11.6 Å². The summed E-state index contributed by atoms with van der Waals surface area (Å²) in [5.74, 6) is 0.403. The molecule has 0 unspecified atom stereocenters. The third-order valence-corrected chi connectivity index (χ3v) is 3.38. The molecule has 0 aliphatic rings. The number of nitrogens with zero attached hydrogens (tertiary/aromatic N) is 4. The topological polar surface area (TPSA) is 81.9 Å². The highest BCUT2D eigenvalue weighted by Crippen LogP contribution is 2.10. The molecule has 0 aliphatic heterocycles. The van der Waals surface area contributed by atoms with Crippen molar-refractivity contribution < 1.29 is 9.53 Å². The van der Waals surface area contributed by atoms with Crippen LogP contribution in [0, 0.1) is 0 Å². The number of carbonyl (C=O) groups is 1. The lowest BCUT2D eigenvalue weighted by Gasteiger charge is -2.13. The molecule has 1 atom stereocenters. The second kappa shape index (κ2) is 7.47. The van der Waals surface area contributed by atoms with Crippen LogP contribution in [0.2, 0.25) is 0 Å². The van der Waals surface area contributed by atoms with E-state index in [4.69, 9.17) is 4.74 Å². The van der Waals surface area contributed by atoms with Gasteiger partial charge in [-0.3, -0.25) is 4.79 Å². The molecule has 24 heavy (non-hydrogen) atoms. The summed E-state index contributed by atoms with van der Waals surface area (Å²) in [5.41, 5.74) is 1.62. The standard InChI is InChI=1S/C17H17N5O2/c1-13(24-10-14-5-3-2-4-6-14)17(23)21-15-7-8-16(19-9-15)22-12-18-11-20-22/h2-9,11-13H,10H2,1H3,(H,21,23)/t13-/m0/s1. The smallest absolute Gasteiger partial charge is 0.253 e. The summed E-state index contributed by atoms with van der Waals surface area (Å²) in [6.07, 6.45) is 3.99. The molecule has 0 saturated carbocycles. The number of pyridine rings is 1. The molecular weight excluding hydrogens is 306 g/mol. The van der Waals surface area contributed by atoms with Gasteiger partial charge in [0, 0.05) is 0 Å². The molecule has 2 aromatic heterocycles. The molecule has 3 rings (SSSR count). The number of hydrogen-bond acceptors (Lipinski definition) is 5. The number of ether oxygens (including phenoxy) is 1. The van der Waals surface area contributed by atoms with Gasteiger partial charge in [-0.25, -0.2) is 14.6 Å². The van der Waals surface area contributed by atoms with Crippen molar-refractivity contribution in [2.75, 3.05) is 5.32 Å². The minimum absolute atomic E-state index is 0.221. The maximum Gasteiger partial charge on any atom is 0.253 e. The van der Waals surface area contributed by atoms with Crippen molar-refractivity contribution in [3.63, 3.8) is 0 Å². The number of aromatic nitrogens is 4. The number of anilines is 1. The Bertz CT molecular complexity index is 773. The first kappa shape index (κ1) is 15.8. The average Bonchev–Trinajstić information content (AvgIpc) is 3.16. The van der Waals surface area contributed by atoms with E-state index in [0.717, 1.165) is 5.56 Å². The average molecular weight is 323 g/mol. The summed E-state index contributed by atoms with van der Waals surface area (Å²) in [5, 5.41) is 6.77. The van der Waals surface area contributed by atoms with Gasteiger partial charge in [0.1, 0.15) is 18.8 Å². The van der Waals surface area contributed by atoms with E-state index in [1.807, 2.05) is 30.3 Å². The molecule has 0 fully saturated rings. The SMILES string of the molecule is C[C@H](OCc1ccccc1)C(=O)Nc1ccc(-n2cncn2)nc1. The highest BCUT2D eigenvalue weighted by atomic mass is 16.5. The van der Waals surface area contributed by atoms with Crippen molar-refractivity contribution in [1.29, 1.82) is 0 Å². The summed E-state index contributed by atoms with van der Waals surface area (Å²) in [6.45, 7) is 2.11. The largest absolute Gasteiger partial charge is 0.364 e. The van der Waals surface area contributed by atoms with Gasteiger partial charge in [-0.15, -0.1) is 0 Å². The molecule has 1 aromatic carbocycles. The van der Waals surface area contributed by atoms with E-state index in [-0.39, 0.29) is 5.91 Å². The third-order valence-electron chi connectivity index (χ3n) is 3.38.